The van der Waals surface area contributed by atoms with E-state index in [0.29, 0.717) is 39.4 Å². The minimum absolute atomic E-state index is 0.0655. The molecule has 0 bridgehead atoms. The van der Waals surface area contributed by atoms with Crippen molar-refractivity contribution in [3.63, 3.8) is 0 Å². The summed E-state index contributed by atoms with van der Waals surface area (Å²) in [7, 11) is 2.90. The summed E-state index contributed by atoms with van der Waals surface area (Å²) in [5.41, 5.74) is 2.61. The quantitative estimate of drug-likeness (QED) is 0.169. The molecule has 0 radical (unpaired) electrons. The number of allylic oxidation sites excluding steroid dienone is 1. The molecule has 0 aliphatic heterocycles. The number of benzene rings is 1. The highest BCUT2D eigenvalue weighted by Gasteiger charge is 2.23. The maximum atomic E-state index is 12.9. The van der Waals surface area contributed by atoms with E-state index in [9.17, 15) is 9.59 Å². The Kier molecular flexibility index (Phi) is 7.91. The number of aromatic nitrogens is 3. The molecule has 1 amide bonds. The summed E-state index contributed by atoms with van der Waals surface area (Å²) in [5, 5.41) is 14.2. The number of ether oxygens (including phenoxy) is 2. The third kappa shape index (κ3) is 5.21. The standard InChI is InChI=1S/C25H24N4O5S2/c1-5-11-29-22(18-10-12-34-15(18)2)27-28-25(29)36-14-20(30)26-23-21(24(31)33-4)19(13-35-23)16-6-8-17(32-3)9-7-16/h5-10,12-13H,1,11,14H2,2-4H3,(H,26,30). The maximum absolute atomic E-state index is 12.9. The van der Waals surface area contributed by atoms with E-state index in [4.69, 9.17) is 13.9 Å². The first-order chi connectivity index (χ1) is 17.5. The van der Waals surface area contributed by atoms with Gasteiger partial charge in [-0.1, -0.05) is 30.0 Å². The zero-order chi connectivity index (χ0) is 25.7. The molecule has 1 aromatic carbocycles. The molecule has 36 heavy (non-hydrogen) atoms. The molecule has 0 unspecified atom stereocenters. The predicted molar refractivity (Wildman–Crippen MR) is 140 cm³/mol. The van der Waals surface area contributed by atoms with Gasteiger partial charge in [0.15, 0.2) is 11.0 Å². The van der Waals surface area contributed by atoms with E-state index < -0.39 is 5.97 Å². The number of thiophene rings is 1. The largest absolute Gasteiger partial charge is 0.497 e. The number of aryl methyl sites for hydroxylation is 1. The van der Waals surface area contributed by atoms with Crippen LogP contribution in [0.3, 0.4) is 0 Å². The van der Waals surface area contributed by atoms with Crippen LogP contribution >= 0.6 is 23.1 Å². The first-order valence-electron chi connectivity index (χ1n) is 10.8. The van der Waals surface area contributed by atoms with Crippen molar-refractivity contribution in [1.82, 2.24) is 14.8 Å². The number of thioether (sulfide) groups is 1. The zero-order valence-electron chi connectivity index (χ0n) is 19.9. The van der Waals surface area contributed by atoms with Crippen molar-refractivity contribution < 1.29 is 23.5 Å². The van der Waals surface area contributed by atoms with Crippen molar-refractivity contribution in [3.8, 4) is 28.3 Å². The molecule has 4 rings (SSSR count). The number of amides is 1. The highest BCUT2D eigenvalue weighted by atomic mass is 32.2. The molecule has 1 N–H and O–H groups in total. The van der Waals surface area contributed by atoms with Gasteiger partial charge < -0.3 is 19.2 Å². The van der Waals surface area contributed by atoms with Crippen LogP contribution in [0.4, 0.5) is 5.00 Å². The summed E-state index contributed by atoms with van der Waals surface area (Å²) in [5.74, 6) is 1.31. The van der Waals surface area contributed by atoms with Crippen LogP contribution < -0.4 is 10.1 Å². The van der Waals surface area contributed by atoms with Gasteiger partial charge in [-0.05, 0) is 30.7 Å². The van der Waals surface area contributed by atoms with E-state index in [1.807, 2.05) is 47.2 Å². The minimum Gasteiger partial charge on any atom is -0.497 e. The van der Waals surface area contributed by atoms with Crippen LogP contribution in [0.15, 0.2) is 64.2 Å². The fraction of sp³-hybridized carbons (Fsp3) is 0.200. The fourth-order valence-electron chi connectivity index (χ4n) is 3.54. The number of carbonyl (C=O) groups excluding carboxylic acids is 2. The van der Waals surface area contributed by atoms with E-state index in [-0.39, 0.29) is 11.7 Å². The van der Waals surface area contributed by atoms with Gasteiger partial charge in [-0.3, -0.25) is 9.36 Å². The van der Waals surface area contributed by atoms with E-state index >= 15 is 0 Å². The second-order valence-electron chi connectivity index (χ2n) is 7.51. The molecule has 0 aliphatic rings. The van der Waals surface area contributed by atoms with Crippen molar-refractivity contribution in [3.05, 3.63) is 66.0 Å². The Morgan fingerprint density at radius 2 is 1.97 bits per heavy atom. The van der Waals surface area contributed by atoms with Crippen LogP contribution in [0.25, 0.3) is 22.5 Å². The Bertz CT molecular complexity index is 1390. The average molecular weight is 525 g/mol. The number of furan rings is 1. The second kappa shape index (κ2) is 11.3. The van der Waals surface area contributed by atoms with Crippen molar-refractivity contribution in [1.29, 1.82) is 0 Å². The van der Waals surface area contributed by atoms with E-state index in [0.717, 1.165) is 16.9 Å². The molecule has 3 aromatic heterocycles. The lowest BCUT2D eigenvalue weighted by molar-refractivity contribution is -0.113. The molecule has 3 heterocycles. The van der Waals surface area contributed by atoms with E-state index in [1.165, 1.54) is 30.2 Å². The van der Waals surface area contributed by atoms with Gasteiger partial charge in [-0.15, -0.1) is 28.1 Å². The molecule has 0 saturated heterocycles. The molecule has 11 heteroatoms. The smallest absolute Gasteiger partial charge is 0.341 e. The molecule has 0 saturated carbocycles. The van der Waals surface area contributed by atoms with Crippen LogP contribution in [0.5, 0.6) is 5.75 Å². The number of anilines is 1. The van der Waals surface area contributed by atoms with Crippen molar-refractivity contribution in [2.75, 3.05) is 25.3 Å². The summed E-state index contributed by atoms with van der Waals surface area (Å²) in [4.78, 5) is 25.4. The van der Waals surface area contributed by atoms with Gasteiger partial charge in [-0.2, -0.15) is 0 Å². The third-order valence-corrected chi connectivity index (χ3v) is 7.16. The molecule has 0 aliphatic carbocycles. The van der Waals surface area contributed by atoms with E-state index in [1.54, 1.807) is 19.4 Å². The molecule has 9 nitrogen and oxygen atoms in total. The topological polar surface area (TPSA) is 108 Å². The number of methoxy groups -OCH3 is 2. The predicted octanol–water partition coefficient (Wildman–Crippen LogP) is 5.29. The molecule has 0 fully saturated rings. The lowest BCUT2D eigenvalue weighted by atomic mass is 10.0. The molecule has 0 spiro atoms. The number of esters is 1. The van der Waals surface area contributed by atoms with Gasteiger partial charge in [-0.25, -0.2) is 4.79 Å². The van der Waals surface area contributed by atoms with Gasteiger partial charge >= 0.3 is 5.97 Å². The third-order valence-electron chi connectivity index (χ3n) is 5.30. The second-order valence-corrected chi connectivity index (χ2v) is 9.33. The monoisotopic (exact) mass is 524 g/mol. The Morgan fingerprint density at radius 3 is 2.61 bits per heavy atom. The number of nitrogens with zero attached hydrogens (tertiary/aromatic N) is 3. The number of carbonyl (C=O) groups is 2. The van der Waals surface area contributed by atoms with Gasteiger partial charge in [0.05, 0.1) is 31.8 Å². The summed E-state index contributed by atoms with van der Waals surface area (Å²) >= 11 is 2.50. The normalized spacial score (nSPS) is 10.8. The lowest BCUT2D eigenvalue weighted by Gasteiger charge is -2.09. The summed E-state index contributed by atoms with van der Waals surface area (Å²) in [6, 6.07) is 9.13. The first-order valence-corrected chi connectivity index (χ1v) is 12.7. The lowest BCUT2D eigenvalue weighted by Crippen LogP contribution is -2.16. The van der Waals surface area contributed by atoms with Gasteiger partial charge in [0.25, 0.3) is 0 Å². The average Bonchev–Trinajstić information content (AvgIpc) is 3.61. The maximum Gasteiger partial charge on any atom is 0.341 e. The van der Waals surface area contributed by atoms with Crippen LogP contribution in [0, 0.1) is 6.92 Å². The Labute approximate surface area is 216 Å². The number of hydrogen-bond acceptors (Lipinski definition) is 9. The number of rotatable bonds is 10. The van der Waals surface area contributed by atoms with Crippen LogP contribution in [-0.2, 0) is 16.1 Å². The first kappa shape index (κ1) is 25.3. The Hall–Kier alpha value is -3.83. The minimum atomic E-state index is -0.532. The summed E-state index contributed by atoms with van der Waals surface area (Å²) in [6.07, 6.45) is 3.33. The van der Waals surface area contributed by atoms with Gasteiger partial charge in [0.2, 0.25) is 5.91 Å². The zero-order valence-corrected chi connectivity index (χ0v) is 21.6. The Balaban J connectivity index is 1.52. The summed E-state index contributed by atoms with van der Waals surface area (Å²) in [6.45, 7) is 6.13. The molecule has 186 valence electrons. The van der Waals surface area contributed by atoms with Gasteiger partial charge in [0, 0.05) is 17.5 Å². The molecule has 4 aromatic rings. The summed E-state index contributed by atoms with van der Waals surface area (Å²) < 4.78 is 17.5. The van der Waals surface area contributed by atoms with Crippen molar-refractivity contribution in [2.45, 2.75) is 18.6 Å². The van der Waals surface area contributed by atoms with Crippen molar-refractivity contribution >= 4 is 40.0 Å². The molecular weight excluding hydrogens is 500 g/mol. The van der Waals surface area contributed by atoms with Crippen LogP contribution in [-0.4, -0.2) is 46.6 Å². The Morgan fingerprint density at radius 1 is 1.19 bits per heavy atom. The molecular formula is C25H24N4O5S2. The highest BCUT2D eigenvalue weighted by molar-refractivity contribution is 7.99. The van der Waals surface area contributed by atoms with E-state index in [2.05, 4.69) is 22.1 Å². The number of hydrogen-bond donors (Lipinski definition) is 1. The van der Waals surface area contributed by atoms with Gasteiger partial charge in [0.1, 0.15) is 22.1 Å². The van der Waals surface area contributed by atoms with Crippen LogP contribution in [0.2, 0.25) is 0 Å². The molecule has 0 atom stereocenters. The van der Waals surface area contributed by atoms with Crippen molar-refractivity contribution in [2.24, 2.45) is 0 Å². The SMILES string of the molecule is C=CCn1c(SCC(=O)Nc2scc(-c3ccc(OC)cc3)c2C(=O)OC)nnc1-c1ccoc1C. The van der Waals surface area contributed by atoms with Crippen LogP contribution in [0.1, 0.15) is 16.1 Å². The fourth-order valence-corrected chi connectivity index (χ4v) is 5.26. The highest BCUT2D eigenvalue weighted by Crippen LogP contribution is 2.37. The number of nitrogens with one attached hydrogen (secondary N) is 1.